The van der Waals surface area contributed by atoms with Crippen LogP contribution in [0.25, 0.3) is 0 Å². The molecular formula is C10H12FNO4. The molecule has 0 aliphatic carbocycles. The number of phenols is 2. The van der Waals surface area contributed by atoms with E-state index >= 15 is 0 Å². The summed E-state index contributed by atoms with van der Waals surface area (Å²) in [4.78, 5) is 10.6. The number of carboxylic acid groups (broad SMARTS) is 1. The molecule has 16 heavy (non-hydrogen) atoms. The van der Waals surface area contributed by atoms with Crippen LogP contribution in [0.2, 0.25) is 0 Å². The van der Waals surface area contributed by atoms with Gasteiger partial charge in [0.2, 0.25) is 0 Å². The lowest BCUT2D eigenvalue weighted by atomic mass is 10.0. The number of hydrogen-bond donors (Lipinski definition) is 4. The Morgan fingerprint density at radius 2 is 2.00 bits per heavy atom. The molecule has 6 heteroatoms. The lowest BCUT2D eigenvalue weighted by Gasteiger charge is -2.12. The average Bonchev–Trinajstić information content (AvgIpc) is 2.21. The van der Waals surface area contributed by atoms with Crippen LogP contribution in [0.1, 0.15) is 11.1 Å². The van der Waals surface area contributed by atoms with Gasteiger partial charge in [-0.3, -0.25) is 4.79 Å². The number of aryl methyl sites for hydroxylation is 1. The average molecular weight is 229 g/mol. The van der Waals surface area contributed by atoms with E-state index in [9.17, 15) is 14.4 Å². The highest BCUT2D eigenvalue weighted by molar-refractivity contribution is 5.73. The van der Waals surface area contributed by atoms with E-state index in [1.54, 1.807) is 6.92 Å². The summed E-state index contributed by atoms with van der Waals surface area (Å²) in [7, 11) is 0. The predicted octanol–water partition coefficient (Wildman–Crippen LogP) is 0.876. The quantitative estimate of drug-likeness (QED) is 0.454. The van der Waals surface area contributed by atoms with Crippen molar-refractivity contribution in [2.45, 2.75) is 19.4 Å². The van der Waals surface area contributed by atoms with Gasteiger partial charge in [-0.15, -0.1) is 10.0 Å². The molecular weight excluding hydrogens is 217 g/mol. The van der Waals surface area contributed by atoms with Gasteiger partial charge in [-0.05, 0) is 30.2 Å². The molecule has 0 amide bonds. The number of nitrogens with one attached hydrogen (secondary N) is 1. The maximum absolute atomic E-state index is 12.2. The summed E-state index contributed by atoms with van der Waals surface area (Å²) >= 11 is 0. The molecule has 1 aromatic rings. The van der Waals surface area contributed by atoms with Gasteiger partial charge in [-0.2, -0.15) is 0 Å². The van der Waals surface area contributed by atoms with Gasteiger partial charge in [0, 0.05) is 6.42 Å². The molecule has 88 valence electrons. The Morgan fingerprint density at radius 1 is 1.44 bits per heavy atom. The first-order valence-corrected chi connectivity index (χ1v) is 4.56. The molecule has 0 heterocycles. The van der Waals surface area contributed by atoms with E-state index in [0.717, 1.165) is 0 Å². The zero-order valence-corrected chi connectivity index (χ0v) is 8.57. The fourth-order valence-corrected chi connectivity index (χ4v) is 1.34. The van der Waals surface area contributed by atoms with Crippen molar-refractivity contribution in [3.05, 3.63) is 23.3 Å². The lowest BCUT2D eigenvalue weighted by Crippen LogP contribution is -2.33. The van der Waals surface area contributed by atoms with Gasteiger partial charge >= 0.3 is 5.97 Å². The van der Waals surface area contributed by atoms with Crippen molar-refractivity contribution in [3.8, 4) is 11.5 Å². The third-order valence-electron chi connectivity index (χ3n) is 2.29. The normalized spacial score (nSPS) is 12.4. The maximum Gasteiger partial charge on any atom is 0.323 e. The smallest absolute Gasteiger partial charge is 0.323 e. The molecule has 0 spiro atoms. The standard InChI is InChI=1S/C10H12FNO4/c1-5-2-8(13)9(14)4-6(5)3-7(12-11)10(15)16/h2,4,7,12-14H,3H2,1H3,(H,15,16)/t7-/m0/s1. The summed E-state index contributed by atoms with van der Waals surface area (Å²) in [6.45, 7) is 1.63. The van der Waals surface area contributed by atoms with Gasteiger partial charge in [0.15, 0.2) is 11.5 Å². The number of rotatable bonds is 4. The zero-order valence-electron chi connectivity index (χ0n) is 8.57. The first kappa shape index (κ1) is 12.3. The molecule has 1 rings (SSSR count). The molecule has 0 unspecified atom stereocenters. The van der Waals surface area contributed by atoms with E-state index in [0.29, 0.717) is 11.1 Å². The van der Waals surface area contributed by atoms with Crippen molar-refractivity contribution in [3.63, 3.8) is 0 Å². The summed E-state index contributed by atoms with van der Waals surface area (Å²) in [6, 6.07) is 1.14. The van der Waals surface area contributed by atoms with Crippen LogP contribution in [0, 0.1) is 6.92 Å². The fraction of sp³-hybridized carbons (Fsp3) is 0.300. The van der Waals surface area contributed by atoms with Gasteiger partial charge in [0.05, 0.1) is 0 Å². The van der Waals surface area contributed by atoms with Crippen molar-refractivity contribution in [1.29, 1.82) is 0 Å². The molecule has 0 saturated carbocycles. The highest BCUT2D eigenvalue weighted by atomic mass is 19.2. The molecule has 0 aromatic heterocycles. The van der Waals surface area contributed by atoms with Crippen LogP contribution < -0.4 is 5.54 Å². The molecule has 4 N–H and O–H groups in total. The Balaban J connectivity index is 2.96. The number of benzene rings is 1. The van der Waals surface area contributed by atoms with Gasteiger partial charge in [0.1, 0.15) is 6.04 Å². The summed E-state index contributed by atoms with van der Waals surface area (Å²) < 4.78 is 12.2. The molecule has 0 aliphatic heterocycles. The van der Waals surface area contributed by atoms with Crippen molar-refractivity contribution in [2.24, 2.45) is 0 Å². The minimum Gasteiger partial charge on any atom is -0.504 e. The van der Waals surface area contributed by atoms with E-state index in [4.69, 9.17) is 10.2 Å². The molecule has 0 fully saturated rings. The second-order valence-corrected chi connectivity index (χ2v) is 3.47. The Hall–Kier alpha value is -1.82. The number of aromatic hydroxyl groups is 2. The van der Waals surface area contributed by atoms with Crippen LogP contribution in [-0.2, 0) is 11.2 Å². The van der Waals surface area contributed by atoms with E-state index in [1.807, 2.05) is 0 Å². The van der Waals surface area contributed by atoms with Crippen molar-refractivity contribution >= 4 is 5.97 Å². The van der Waals surface area contributed by atoms with Crippen LogP contribution in [0.5, 0.6) is 11.5 Å². The number of carboxylic acids is 1. The maximum atomic E-state index is 12.2. The Kier molecular flexibility index (Phi) is 3.68. The number of halogens is 1. The second kappa shape index (κ2) is 4.80. The van der Waals surface area contributed by atoms with Crippen LogP contribution >= 0.6 is 0 Å². The van der Waals surface area contributed by atoms with Crippen LogP contribution in [-0.4, -0.2) is 27.3 Å². The minimum absolute atomic E-state index is 0.120. The van der Waals surface area contributed by atoms with Crippen molar-refractivity contribution in [1.82, 2.24) is 5.54 Å². The van der Waals surface area contributed by atoms with Gasteiger partial charge in [0.25, 0.3) is 0 Å². The van der Waals surface area contributed by atoms with Crippen molar-refractivity contribution < 1.29 is 24.6 Å². The molecule has 5 nitrogen and oxygen atoms in total. The topological polar surface area (TPSA) is 89.8 Å². The largest absolute Gasteiger partial charge is 0.504 e. The Labute approximate surface area is 91.1 Å². The highest BCUT2D eigenvalue weighted by Gasteiger charge is 2.19. The molecule has 1 aromatic carbocycles. The predicted molar refractivity (Wildman–Crippen MR) is 53.9 cm³/mol. The van der Waals surface area contributed by atoms with Crippen molar-refractivity contribution in [2.75, 3.05) is 0 Å². The molecule has 0 bridgehead atoms. The molecule has 0 radical (unpaired) electrons. The lowest BCUT2D eigenvalue weighted by molar-refractivity contribution is -0.140. The molecule has 0 saturated heterocycles. The number of hydrogen-bond acceptors (Lipinski definition) is 4. The molecule has 1 atom stereocenters. The number of phenolic OH excluding ortho intramolecular Hbond substituents is 2. The van der Waals surface area contributed by atoms with E-state index in [2.05, 4.69) is 0 Å². The first-order valence-electron chi connectivity index (χ1n) is 4.56. The Bertz CT molecular complexity index is 408. The van der Waals surface area contributed by atoms with Crippen LogP contribution in [0.15, 0.2) is 12.1 Å². The van der Waals surface area contributed by atoms with Gasteiger partial charge in [-0.25, -0.2) is 0 Å². The number of carbonyl (C=O) groups is 1. The fourth-order valence-electron chi connectivity index (χ4n) is 1.34. The third kappa shape index (κ3) is 2.60. The van der Waals surface area contributed by atoms with E-state index in [1.165, 1.54) is 17.7 Å². The summed E-state index contributed by atoms with van der Waals surface area (Å²) in [5.41, 5.74) is 2.20. The van der Waals surface area contributed by atoms with Gasteiger partial charge in [-0.1, -0.05) is 0 Å². The highest BCUT2D eigenvalue weighted by Crippen LogP contribution is 2.28. The SMILES string of the molecule is Cc1cc(O)c(O)cc1C[C@H](NF)C(=O)O. The minimum atomic E-state index is -1.37. The summed E-state index contributed by atoms with van der Waals surface area (Å²) in [5.74, 6) is -1.97. The monoisotopic (exact) mass is 229 g/mol. The summed E-state index contributed by atoms with van der Waals surface area (Å²) in [5, 5.41) is 27.0. The van der Waals surface area contributed by atoms with Crippen LogP contribution in [0.3, 0.4) is 0 Å². The van der Waals surface area contributed by atoms with Crippen LogP contribution in [0.4, 0.5) is 4.48 Å². The first-order chi connectivity index (χ1) is 7.45. The molecule has 0 aliphatic rings. The van der Waals surface area contributed by atoms with E-state index < -0.39 is 12.0 Å². The zero-order chi connectivity index (χ0) is 12.3. The van der Waals surface area contributed by atoms with E-state index in [-0.39, 0.29) is 17.9 Å². The third-order valence-corrected chi connectivity index (χ3v) is 2.29. The summed E-state index contributed by atoms with van der Waals surface area (Å²) in [6.07, 6.45) is -0.120. The second-order valence-electron chi connectivity index (χ2n) is 3.47. The Morgan fingerprint density at radius 3 is 2.50 bits per heavy atom. The number of aliphatic carboxylic acids is 1. The van der Waals surface area contributed by atoms with Gasteiger partial charge < -0.3 is 15.3 Å².